The fourth-order valence-corrected chi connectivity index (χ4v) is 5.25. The summed E-state index contributed by atoms with van der Waals surface area (Å²) >= 11 is 1.50. The number of fused-ring (bicyclic) bond motifs is 1. The van der Waals surface area contributed by atoms with Crippen molar-refractivity contribution in [2.75, 3.05) is 13.7 Å². The van der Waals surface area contributed by atoms with Crippen molar-refractivity contribution >= 4 is 29.1 Å². The summed E-state index contributed by atoms with van der Waals surface area (Å²) in [7, 11) is 1.31. The average molecular weight is 384 g/mol. The summed E-state index contributed by atoms with van der Waals surface area (Å²) in [5.74, 6) is -2.60. The predicted octanol–water partition coefficient (Wildman–Crippen LogP) is 2.08. The Hall–Kier alpha value is -2.51. The van der Waals surface area contributed by atoms with Gasteiger partial charge in [-0.25, -0.2) is 4.79 Å². The smallest absolute Gasteiger partial charge is 0.331 e. The Balaban J connectivity index is 1.95. The van der Waals surface area contributed by atoms with Gasteiger partial charge in [0.05, 0.1) is 25.0 Å². The van der Waals surface area contributed by atoms with E-state index in [2.05, 4.69) is 5.32 Å². The summed E-state index contributed by atoms with van der Waals surface area (Å²) in [5, 5.41) is 5.27. The number of likely N-dealkylation sites (tertiary alicyclic amines) is 1. The van der Waals surface area contributed by atoms with Crippen LogP contribution in [0.4, 0.5) is 0 Å². The number of carbonyl (C=O) groups is 3. The van der Waals surface area contributed by atoms with Crippen LogP contribution in [0.5, 0.6) is 0 Å². The van der Waals surface area contributed by atoms with E-state index in [9.17, 15) is 14.4 Å². The van der Waals surface area contributed by atoms with Crippen LogP contribution in [0.15, 0.2) is 47.8 Å². The fourth-order valence-electron chi connectivity index (χ4n) is 4.42. The fraction of sp³-hybridized carbons (Fsp3) is 0.350. The van der Waals surface area contributed by atoms with Gasteiger partial charge in [0.15, 0.2) is 5.54 Å². The summed E-state index contributed by atoms with van der Waals surface area (Å²) in [6, 6.07) is 12.5. The minimum Gasteiger partial charge on any atom is -0.467 e. The van der Waals surface area contributed by atoms with Gasteiger partial charge in [0.25, 0.3) is 0 Å². The number of hydrogen-bond donors (Lipinski definition) is 1. The lowest BCUT2D eigenvalue weighted by molar-refractivity contribution is -0.154. The lowest BCUT2D eigenvalue weighted by atomic mass is 9.75. The molecule has 2 aliphatic heterocycles. The molecule has 2 amide bonds. The van der Waals surface area contributed by atoms with Crippen molar-refractivity contribution in [3.63, 3.8) is 0 Å². The first kappa shape index (κ1) is 17.9. The standard InChI is InChI=1S/C20H20N2O4S/c1-3-22-17(23)14-15(18(22)24)20(19(25)26-2,12-8-5-4-6-9-12)21-16(14)13-10-7-11-27-13/h4-11,14-16,21H,3H2,1-2H3/t14-,15+,16-,20-/m0/s1. The summed E-state index contributed by atoms with van der Waals surface area (Å²) in [4.78, 5) is 41.6. The monoisotopic (exact) mass is 384 g/mol. The van der Waals surface area contributed by atoms with Crippen molar-refractivity contribution in [1.82, 2.24) is 10.2 Å². The number of thiophene rings is 1. The largest absolute Gasteiger partial charge is 0.467 e. The molecule has 2 fully saturated rings. The Kier molecular flexibility index (Phi) is 4.36. The summed E-state index contributed by atoms with van der Waals surface area (Å²) < 4.78 is 5.14. The van der Waals surface area contributed by atoms with E-state index in [-0.39, 0.29) is 18.4 Å². The minimum atomic E-state index is -1.40. The number of imide groups is 1. The van der Waals surface area contributed by atoms with Crippen molar-refractivity contribution < 1.29 is 19.1 Å². The second-order valence-corrected chi connectivity index (χ2v) is 7.71. The summed E-state index contributed by atoms with van der Waals surface area (Å²) in [6.45, 7) is 2.06. The van der Waals surface area contributed by atoms with Gasteiger partial charge in [0.2, 0.25) is 11.8 Å². The second kappa shape index (κ2) is 6.58. The Bertz CT molecular complexity index is 883. The van der Waals surface area contributed by atoms with Gasteiger partial charge in [0.1, 0.15) is 0 Å². The van der Waals surface area contributed by atoms with Crippen LogP contribution in [0.25, 0.3) is 0 Å². The molecule has 1 N–H and O–H groups in total. The highest BCUT2D eigenvalue weighted by Crippen LogP contribution is 2.53. The van der Waals surface area contributed by atoms with Crippen LogP contribution in [0, 0.1) is 11.8 Å². The first-order valence-electron chi connectivity index (χ1n) is 8.86. The highest BCUT2D eigenvalue weighted by molar-refractivity contribution is 7.10. The van der Waals surface area contributed by atoms with Gasteiger partial charge in [0, 0.05) is 11.4 Å². The number of carbonyl (C=O) groups excluding carboxylic acids is 3. The van der Waals surface area contributed by atoms with Crippen LogP contribution in [0.3, 0.4) is 0 Å². The highest BCUT2D eigenvalue weighted by atomic mass is 32.1. The topological polar surface area (TPSA) is 75.7 Å². The molecule has 0 spiro atoms. The maximum absolute atomic E-state index is 13.2. The molecule has 7 heteroatoms. The molecule has 0 saturated carbocycles. The lowest BCUT2D eigenvalue weighted by Gasteiger charge is -2.32. The minimum absolute atomic E-state index is 0.236. The van der Waals surface area contributed by atoms with Crippen LogP contribution >= 0.6 is 11.3 Å². The molecule has 2 aromatic rings. The molecule has 140 valence electrons. The van der Waals surface area contributed by atoms with Gasteiger partial charge >= 0.3 is 5.97 Å². The Morgan fingerprint density at radius 2 is 1.93 bits per heavy atom. The van der Waals surface area contributed by atoms with E-state index in [4.69, 9.17) is 4.74 Å². The zero-order valence-corrected chi connectivity index (χ0v) is 15.9. The first-order valence-corrected chi connectivity index (χ1v) is 9.74. The van der Waals surface area contributed by atoms with E-state index < -0.39 is 29.4 Å². The summed E-state index contributed by atoms with van der Waals surface area (Å²) in [5.41, 5.74) is -0.767. The third-order valence-electron chi connectivity index (χ3n) is 5.55. The van der Waals surface area contributed by atoms with Gasteiger partial charge in [-0.3, -0.25) is 19.8 Å². The molecule has 2 aliphatic rings. The number of nitrogens with one attached hydrogen (secondary N) is 1. The molecule has 4 atom stereocenters. The highest BCUT2D eigenvalue weighted by Gasteiger charge is 2.69. The summed E-state index contributed by atoms with van der Waals surface area (Å²) in [6.07, 6.45) is 0. The van der Waals surface area contributed by atoms with Crippen LogP contribution in [0.2, 0.25) is 0 Å². The van der Waals surface area contributed by atoms with E-state index in [1.807, 2.05) is 35.7 Å². The Morgan fingerprint density at radius 1 is 1.19 bits per heavy atom. The normalized spacial score (nSPS) is 29.9. The molecule has 1 aromatic heterocycles. The van der Waals surface area contributed by atoms with Crippen molar-refractivity contribution in [2.24, 2.45) is 11.8 Å². The van der Waals surface area contributed by atoms with Crippen LogP contribution in [0.1, 0.15) is 23.4 Å². The van der Waals surface area contributed by atoms with Crippen LogP contribution in [-0.2, 0) is 24.7 Å². The van der Waals surface area contributed by atoms with Gasteiger partial charge in [-0.1, -0.05) is 36.4 Å². The lowest BCUT2D eigenvalue weighted by Crippen LogP contribution is -2.53. The van der Waals surface area contributed by atoms with E-state index >= 15 is 0 Å². The molecule has 3 heterocycles. The number of hydrogen-bond acceptors (Lipinski definition) is 6. The molecule has 4 rings (SSSR count). The SMILES string of the molecule is CCN1C(=O)[C@@H]2[C@H](c3cccs3)N[C@@](C(=O)OC)(c3ccccc3)[C@H]2C1=O. The van der Waals surface area contributed by atoms with E-state index in [0.717, 1.165) is 4.88 Å². The maximum Gasteiger partial charge on any atom is 0.331 e. The van der Waals surface area contributed by atoms with Gasteiger partial charge < -0.3 is 4.74 Å². The van der Waals surface area contributed by atoms with Crippen LogP contribution in [-0.4, -0.2) is 36.3 Å². The van der Waals surface area contributed by atoms with Crippen molar-refractivity contribution in [3.8, 4) is 0 Å². The zero-order chi connectivity index (χ0) is 19.2. The van der Waals surface area contributed by atoms with Gasteiger partial charge in [-0.15, -0.1) is 11.3 Å². The number of amides is 2. The van der Waals surface area contributed by atoms with Gasteiger partial charge in [-0.2, -0.15) is 0 Å². The predicted molar refractivity (Wildman–Crippen MR) is 99.7 cm³/mol. The van der Waals surface area contributed by atoms with Crippen molar-refractivity contribution in [3.05, 3.63) is 58.3 Å². The zero-order valence-electron chi connectivity index (χ0n) is 15.0. The number of rotatable bonds is 4. The van der Waals surface area contributed by atoms with Gasteiger partial charge in [-0.05, 0) is 23.9 Å². The maximum atomic E-state index is 13.2. The third-order valence-corrected chi connectivity index (χ3v) is 6.51. The third kappa shape index (κ3) is 2.38. The first-order chi connectivity index (χ1) is 13.1. The molecule has 0 unspecified atom stereocenters. The van der Waals surface area contributed by atoms with E-state index in [1.165, 1.54) is 23.3 Å². The second-order valence-electron chi connectivity index (χ2n) is 6.73. The Morgan fingerprint density at radius 3 is 2.52 bits per heavy atom. The molecule has 2 saturated heterocycles. The molecular weight excluding hydrogens is 364 g/mol. The molecule has 0 bridgehead atoms. The molecule has 6 nitrogen and oxygen atoms in total. The van der Waals surface area contributed by atoms with E-state index in [0.29, 0.717) is 5.56 Å². The molecule has 27 heavy (non-hydrogen) atoms. The number of nitrogens with zero attached hydrogens (tertiary/aromatic N) is 1. The average Bonchev–Trinajstić information content (AvgIpc) is 3.39. The number of esters is 1. The van der Waals surface area contributed by atoms with E-state index in [1.54, 1.807) is 19.1 Å². The molecular formula is C20H20N2O4S. The number of methoxy groups -OCH3 is 1. The number of benzene rings is 1. The molecule has 1 aromatic carbocycles. The van der Waals surface area contributed by atoms with Crippen molar-refractivity contribution in [2.45, 2.75) is 18.5 Å². The number of ether oxygens (including phenoxy) is 1. The molecule has 0 radical (unpaired) electrons. The van der Waals surface area contributed by atoms with Crippen LogP contribution < -0.4 is 5.32 Å². The quantitative estimate of drug-likeness (QED) is 0.645. The Labute approximate surface area is 161 Å². The van der Waals surface area contributed by atoms with Crippen molar-refractivity contribution in [1.29, 1.82) is 0 Å². The molecule has 0 aliphatic carbocycles.